The molecular weight excluding hydrogens is 312 g/mol. The lowest BCUT2D eigenvalue weighted by Gasteiger charge is -2.30. The Balaban J connectivity index is 1.28. The molecule has 0 spiro atoms. The molecule has 0 aromatic carbocycles. The van der Waals surface area contributed by atoms with E-state index in [1.54, 1.807) is 0 Å². The molecule has 6 nitrogen and oxygen atoms in total. The maximum Gasteiger partial charge on any atom is 0.311 e. The molecule has 3 rings (SSSR count). The highest BCUT2D eigenvalue weighted by molar-refractivity contribution is 5.72. The van der Waals surface area contributed by atoms with Crippen LogP contribution in [0.25, 0.3) is 0 Å². The molecule has 1 saturated carbocycles. The Morgan fingerprint density at radius 2 is 1.46 bits per heavy atom. The van der Waals surface area contributed by atoms with E-state index in [1.165, 1.54) is 0 Å². The number of carbonyl (C=O) groups is 1. The summed E-state index contributed by atoms with van der Waals surface area (Å²) in [6.07, 6.45) is 9.29. The van der Waals surface area contributed by atoms with Gasteiger partial charge in [0, 0.05) is 13.0 Å². The Labute approximate surface area is 144 Å². The summed E-state index contributed by atoms with van der Waals surface area (Å²) in [6, 6.07) is 0. The largest absolute Gasteiger partial charge is 0.436 e. The van der Waals surface area contributed by atoms with Crippen LogP contribution >= 0.6 is 0 Å². The lowest BCUT2D eigenvalue weighted by molar-refractivity contribution is -0.221. The summed E-state index contributed by atoms with van der Waals surface area (Å²) < 4.78 is 27.9. The van der Waals surface area contributed by atoms with Crippen molar-refractivity contribution >= 4 is 5.97 Å². The summed E-state index contributed by atoms with van der Waals surface area (Å²) in [5, 5.41) is 0. The molecule has 2 saturated heterocycles. The normalized spacial score (nSPS) is 34.7. The molecule has 24 heavy (non-hydrogen) atoms. The molecule has 0 amide bonds. The molecule has 0 radical (unpaired) electrons. The molecule has 0 aromatic rings. The highest BCUT2D eigenvalue weighted by Gasteiger charge is 2.30. The van der Waals surface area contributed by atoms with Crippen molar-refractivity contribution in [1.29, 1.82) is 0 Å². The van der Waals surface area contributed by atoms with Crippen LogP contribution in [0.15, 0.2) is 0 Å². The van der Waals surface area contributed by atoms with Gasteiger partial charge in [0.2, 0.25) is 6.29 Å². The predicted molar refractivity (Wildman–Crippen MR) is 86.1 cm³/mol. The minimum Gasteiger partial charge on any atom is -0.436 e. The van der Waals surface area contributed by atoms with E-state index in [2.05, 4.69) is 0 Å². The molecule has 1 aliphatic carbocycles. The summed E-state index contributed by atoms with van der Waals surface area (Å²) in [5.41, 5.74) is 0. The van der Waals surface area contributed by atoms with Crippen LogP contribution in [0.3, 0.4) is 0 Å². The van der Waals surface area contributed by atoms with Crippen LogP contribution in [0.2, 0.25) is 0 Å². The quantitative estimate of drug-likeness (QED) is 0.546. The molecule has 2 unspecified atom stereocenters. The third kappa shape index (κ3) is 5.69. The zero-order valence-corrected chi connectivity index (χ0v) is 14.5. The van der Waals surface area contributed by atoms with Gasteiger partial charge in [-0.3, -0.25) is 4.79 Å². The molecular formula is C18H30O6. The molecule has 6 heteroatoms. The highest BCUT2D eigenvalue weighted by atomic mass is 16.7. The van der Waals surface area contributed by atoms with Gasteiger partial charge < -0.3 is 23.7 Å². The van der Waals surface area contributed by atoms with Gasteiger partial charge in [0.15, 0.2) is 6.29 Å². The van der Waals surface area contributed by atoms with Crippen molar-refractivity contribution in [2.24, 2.45) is 5.92 Å². The first-order valence-corrected chi connectivity index (χ1v) is 9.48. The van der Waals surface area contributed by atoms with E-state index in [9.17, 15) is 4.79 Å². The smallest absolute Gasteiger partial charge is 0.311 e. The lowest BCUT2D eigenvalue weighted by atomic mass is 9.87. The summed E-state index contributed by atoms with van der Waals surface area (Å²) in [6.45, 7) is 1.76. The van der Waals surface area contributed by atoms with Gasteiger partial charge in [-0.05, 0) is 57.8 Å². The molecule has 2 atom stereocenters. The van der Waals surface area contributed by atoms with Crippen LogP contribution in [0.4, 0.5) is 0 Å². The fraction of sp³-hybridized carbons (Fsp3) is 0.944. The number of carbonyl (C=O) groups excluding carboxylic acids is 1. The van der Waals surface area contributed by atoms with Crippen LogP contribution < -0.4 is 0 Å². The van der Waals surface area contributed by atoms with Crippen molar-refractivity contribution in [2.45, 2.75) is 82.9 Å². The van der Waals surface area contributed by atoms with Crippen molar-refractivity contribution in [1.82, 2.24) is 0 Å². The Bertz CT molecular complexity index is 368. The maximum atomic E-state index is 12.2. The standard InChI is InChI=1S/C18H30O6/c19-18(24-17-6-2-4-12-21-17)14-7-9-15(10-8-14)22-13-23-16-5-1-3-11-20-16/h14-17H,1-13H2. The van der Waals surface area contributed by atoms with Crippen molar-refractivity contribution in [3.05, 3.63) is 0 Å². The van der Waals surface area contributed by atoms with E-state index in [4.69, 9.17) is 23.7 Å². The number of ether oxygens (including phenoxy) is 5. The van der Waals surface area contributed by atoms with E-state index in [0.29, 0.717) is 6.61 Å². The SMILES string of the molecule is O=C(OC1CCCCO1)C1CCC(OCOC2CCCCO2)CC1. The van der Waals surface area contributed by atoms with Crippen LogP contribution in [-0.2, 0) is 28.5 Å². The van der Waals surface area contributed by atoms with Gasteiger partial charge in [-0.25, -0.2) is 0 Å². The van der Waals surface area contributed by atoms with Crippen molar-refractivity contribution in [2.75, 3.05) is 20.0 Å². The molecule has 2 heterocycles. The third-order valence-electron chi connectivity index (χ3n) is 5.09. The molecule has 0 aromatic heterocycles. The molecule has 138 valence electrons. The first-order valence-electron chi connectivity index (χ1n) is 9.48. The molecule has 2 aliphatic heterocycles. The van der Waals surface area contributed by atoms with Gasteiger partial charge in [-0.15, -0.1) is 0 Å². The number of hydrogen-bond acceptors (Lipinski definition) is 6. The number of rotatable bonds is 6. The van der Waals surface area contributed by atoms with Crippen LogP contribution in [0.5, 0.6) is 0 Å². The Hall–Kier alpha value is -0.690. The summed E-state index contributed by atoms with van der Waals surface area (Å²) in [5.74, 6) is -0.120. The van der Waals surface area contributed by atoms with Gasteiger partial charge in [0.1, 0.15) is 6.79 Å². The Morgan fingerprint density at radius 1 is 0.792 bits per heavy atom. The first kappa shape index (κ1) is 18.1. The van der Waals surface area contributed by atoms with Gasteiger partial charge in [-0.2, -0.15) is 0 Å². The van der Waals surface area contributed by atoms with Crippen LogP contribution in [0, 0.1) is 5.92 Å². The zero-order valence-electron chi connectivity index (χ0n) is 14.5. The average Bonchev–Trinajstić information content (AvgIpc) is 2.64. The third-order valence-corrected chi connectivity index (χ3v) is 5.09. The lowest BCUT2D eigenvalue weighted by Crippen LogP contribution is -2.32. The molecule has 0 N–H and O–H groups in total. The molecule has 3 fully saturated rings. The molecule has 3 aliphatic rings. The minimum atomic E-state index is -0.330. The van der Waals surface area contributed by atoms with E-state index in [0.717, 1.165) is 70.8 Å². The summed E-state index contributed by atoms with van der Waals surface area (Å²) >= 11 is 0. The van der Waals surface area contributed by atoms with Gasteiger partial charge in [-0.1, -0.05) is 0 Å². The van der Waals surface area contributed by atoms with E-state index >= 15 is 0 Å². The average molecular weight is 342 g/mol. The second kappa shape index (κ2) is 9.70. The molecule has 0 bridgehead atoms. The van der Waals surface area contributed by atoms with E-state index in [1.807, 2.05) is 0 Å². The Morgan fingerprint density at radius 3 is 2.08 bits per heavy atom. The second-order valence-electron chi connectivity index (χ2n) is 6.95. The van der Waals surface area contributed by atoms with Gasteiger partial charge in [0.25, 0.3) is 0 Å². The van der Waals surface area contributed by atoms with Crippen molar-refractivity contribution in [3.63, 3.8) is 0 Å². The summed E-state index contributed by atoms with van der Waals surface area (Å²) in [7, 11) is 0. The van der Waals surface area contributed by atoms with Gasteiger partial charge >= 0.3 is 5.97 Å². The van der Waals surface area contributed by atoms with Gasteiger partial charge in [0.05, 0.1) is 18.6 Å². The highest BCUT2D eigenvalue weighted by Crippen LogP contribution is 2.28. The predicted octanol–water partition coefficient (Wildman–Crippen LogP) is 3.13. The first-order chi connectivity index (χ1) is 11.8. The maximum absolute atomic E-state index is 12.2. The zero-order chi connectivity index (χ0) is 16.6. The fourth-order valence-electron chi connectivity index (χ4n) is 3.55. The van der Waals surface area contributed by atoms with Crippen LogP contribution in [-0.4, -0.2) is 44.7 Å². The number of hydrogen-bond donors (Lipinski definition) is 0. The van der Waals surface area contributed by atoms with Crippen molar-refractivity contribution < 1.29 is 28.5 Å². The topological polar surface area (TPSA) is 63.2 Å². The van der Waals surface area contributed by atoms with Crippen LogP contribution in [0.1, 0.15) is 64.2 Å². The van der Waals surface area contributed by atoms with E-state index in [-0.39, 0.29) is 37.4 Å². The Kier molecular flexibility index (Phi) is 7.32. The number of esters is 1. The minimum absolute atomic E-state index is 0.0158. The monoisotopic (exact) mass is 342 g/mol. The summed E-state index contributed by atoms with van der Waals surface area (Å²) in [4.78, 5) is 12.2. The van der Waals surface area contributed by atoms with Crippen molar-refractivity contribution in [3.8, 4) is 0 Å². The van der Waals surface area contributed by atoms with E-state index < -0.39 is 0 Å². The fourth-order valence-corrected chi connectivity index (χ4v) is 3.55. The second-order valence-corrected chi connectivity index (χ2v) is 6.95.